The zero-order valence-corrected chi connectivity index (χ0v) is 33.8. The van der Waals surface area contributed by atoms with Crippen molar-refractivity contribution in [3.05, 3.63) is 83.2 Å². The van der Waals surface area contributed by atoms with Crippen LogP contribution in [0.15, 0.2) is 65.6 Å². The number of aryl methyl sites for hydroxylation is 3. The molecule has 4 rings (SSSR count). The van der Waals surface area contributed by atoms with Gasteiger partial charge in [0, 0.05) is 18.9 Å². The molecule has 4 N–H and O–H groups in total. The Hall–Kier alpha value is -4.36. The van der Waals surface area contributed by atoms with Gasteiger partial charge in [-0.3, -0.25) is 23.9 Å². The average Bonchev–Trinajstić information content (AvgIpc) is 3.80. The lowest BCUT2D eigenvalue weighted by Crippen LogP contribution is -2.58. The van der Waals surface area contributed by atoms with Crippen molar-refractivity contribution in [3.63, 3.8) is 0 Å². The Bertz CT molecular complexity index is 1870. The van der Waals surface area contributed by atoms with E-state index in [4.69, 9.17) is 0 Å². The summed E-state index contributed by atoms with van der Waals surface area (Å²) in [5.74, 6) is -1.64. The molecule has 3 amide bonds. The van der Waals surface area contributed by atoms with E-state index in [0.29, 0.717) is 24.2 Å². The number of hydrogen-bond acceptors (Lipinski definition) is 7. The van der Waals surface area contributed by atoms with E-state index in [1.165, 1.54) is 4.68 Å². The smallest absolute Gasteiger partial charge is 0.244 e. The average molecular weight is 763 g/mol. The van der Waals surface area contributed by atoms with Crippen molar-refractivity contribution < 1.29 is 27.6 Å². The highest BCUT2D eigenvalue weighted by Crippen LogP contribution is 2.47. The fourth-order valence-electron chi connectivity index (χ4n) is 6.72. The topological polar surface area (TPSA) is 168 Å². The molecular formula is C41H58N6O6S. The Labute approximate surface area is 320 Å². The minimum Gasteiger partial charge on any atom is -0.344 e. The third-order valence-corrected chi connectivity index (χ3v) is 11.8. The highest BCUT2D eigenvalue weighted by Gasteiger charge is 2.48. The zero-order chi connectivity index (χ0) is 39.8. The van der Waals surface area contributed by atoms with Gasteiger partial charge in [0.15, 0.2) is 5.78 Å². The van der Waals surface area contributed by atoms with Gasteiger partial charge in [-0.05, 0) is 75.3 Å². The van der Waals surface area contributed by atoms with Gasteiger partial charge in [0.2, 0.25) is 27.7 Å². The lowest BCUT2D eigenvalue weighted by atomic mass is 9.91. The molecule has 54 heavy (non-hydrogen) atoms. The fourth-order valence-corrected chi connectivity index (χ4v) is 8.39. The standard InChI is InChI=1S/C41H58N6O6S/c1-26(2)23-33(37(48)41(7)21-22-41)42-40(51)35(25-31-17-13-10-14-18-31)44-39(50)34(24-27(3)4)43-38(49)32(20-19-30-15-11-9-12-16-30)46-54(52,53)36-28(5)45-47(8)29(36)6/h9-18,26-27,32-35,46H,19-25H2,1-8H3,(H,42,51)(H,43,49)(H,44,50)/t32-,33-,34-,35-/m0/s1. The van der Waals surface area contributed by atoms with Gasteiger partial charge in [-0.2, -0.15) is 9.82 Å². The van der Waals surface area contributed by atoms with E-state index in [2.05, 4.69) is 25.8 Å². The minimum atomic E-state index is -4.20. The maximum absolute atomic E-state index is 14.2. The van der Waals surface area contributed by atoms with Crippen molar-refractivity contribution in [3.8, 4) is 0 Å². The zero-order valence-electron chi connectivity index (χ0n) is 32.9. The van der Waals surface area contributed by atoms with E-state index in [0.717, 1.165) is 24.0 Å². The number of carbonyl (C=O) groups excluding carboxylic acids is 4. The van der Waals surface area contributed by atoms with E-state index < -0.39 is 57.3 Å². The summed E-state index contributed by atoms with van der Waals surface area (Å²) in [6.45, 7) is 13.0. The molecule has 1 aliphatic rings. The summed E-state index contributed by atoms with van der Waals surface area (Å²) in [6, 6.07) is 14.6. The highest BCUT2D eigenvalue weighted by molar-refractivity contribution is 7.89. The number of hydrogen-bond donors (Lipinski definition) is 4. The number of Topliss-reactive ketones (excluding diaryl/α,β-unsaturated/α-hetero) is 1. The molecule has 0 spiro atoms. The molecule has 0 bridgehead atoms. The van der Waals surface area contributed by atoms with Gasteiger partial charge in [0.05, 0.1) is 17.4 Å². The van der Waals surface area contributed by atoms with Crippen LogP contribution in [-0.2, 0) is 49.1 Å². The number of aromatic nitrogens is 2. The molecule has 12 nitrogen and oxygen atoms in total. The van der Waals surface area contributed by atoms with Gasteiger partial charge < -0.3 is 16.0 Å². The Morgan fingerprint density at radius 3 is 1.74 bits per heavy atom. The third kappa shape index (κ3) is 11.6. The summed E-state index contributed by atoms with van der Waals surface area (Å²) in [4.78, 5) is 55.8. The Morgan fingerprint density at radius 1 is 0.741 bits per heavy atom. The van der Waals surface area contributed by atoms with Crippen molar-refractivity contribution in [2.24, 2.45) is 24.3 Å². The van der Waals surface area contributed by atoms with Crippen LogP contribution in [-0.4, -0.2) is 65.9 Å². The van der Waals surface area contributed by atoms with E-state index in [1.807, 2.05) is 95.3 Å². The SMILES string of the molecule is Cc1nn(C)c(C)c1S(=O)(=O)N[C@@H](CCc1ccccc1)C(=O)N[C@@H](CC(C)C)C(=O)N[C@@H](Cc1ccccc1)C(=O)N[C@@H](CC(C)C)C(=O)C1(C)CC1. The number of nitrogens with zero attached hydrogens (tertiary/aromatic N) is 2. The highest BCUT2D eigenvalue weighted by atomic mass is 32.2. The first kappa shape index (κ1) is 42.4. The van der Waals surface area contributed by atoms with Crippen LogP contribution >= 0.6 is 0 Å². The summed E-state index contributed by atoms with van der Waals surface area (Å²) in [5.41, 5.74) is 1.99. The van der Waals surface area contributed by atoms with Crippen LogP contribution in [0.4, 0.5) is 0 Å². The molecule has 1 aromatic heterocycles. The maximum Gasteiger partial charge on any atom is 0.244 e. The van der Waals surface area contributed by atoms with Crippen LogP contribution in [0.2, 0.25) is 0 Å². The number of nitrogens with one attached hydrogen (secondary N) is 4. The van der Waals surface area contributed by atoms with E-state index in [1.54, 1.807) is 20.9 Å². The van der Waals surface area contributed by atoms with Gasteiger partial charge in [-0.25, -0.2) is 8.42 Å². The van der Waals surface area contributed by atoms with Gasteiger partial charge in [-0.15, -0.1) is 0 Å². The van der Waals surface area contributed by atoms with E-state index in [9.17, 15) is 27.6 Å². The first-order valence-corrected chi connectivity index (χ1v) is 20.4. The molecule has 1 fully saturated rings. The number of ketones is 1. The molecule has 1 heterocycles. The lowest BCUT2D eigenvalue weighted by molar-refractivity contribution is -0.134. The third-order valence-electron chi connectivity index (χ3n) is 10.1. The summed E-state index contributed by atoms with van der Waals surface area (Å²) in [6.07, 6.45) is 2.92. The predicted molar refractivity (Wildman–Crippen MR) is 209 cm³/mol. The summed E-state index contributed by atoms with van der Waals surface area (Å²) < 4.78 is 31.6. The molecule has 2 aromatic carbocycles. The number of amides is 3. The number of sulfonamides is 1. The maximum atomic E-state index is 14.2. The second-order valence-electron chi connectivity index (χ2n) is 15.9. The van der Waals surface area contributed by atoms with Crippen LogP contribution in [0.5, 0.6) is 0 Å². The molecule has 4 atom stereocenters. The number of rotatable bonds is 20. The quantitative estimate of drug-likeness (QED) is 0.132. The Balaban J connectivity index is 1.60. The molecule has 0 aliphatic heterocycles. The summed E-state index contributed by atoms with van der Waals surface area (Å²) >= 11 is 0. The van der Waals surface area contributed by atoms with Crippen molar-refractivity contribution in [2.75, 3.05) is 0 Å². The molecule has 0 unspecified atom stereocenters. The number of benzene rings is 2. The lowest BCUT2D eigenvalue weighted by Gasteiger charge is -2.28. The second-order valence-corrected chi connectivity index (χ2v) is 17.5. The Morgan fingerprint density at radius 2 is 1.22 bits per heavy atom. The summed E-state index contributed by atoms with van der Waals surface area (Å²) in [7, 11) is -2.55. The van der Waals surface area contributed by atoms with Crippen molar-refractivity contribution in [1.82, 2.24) is 30.5 Å². The van der Waals surface area contributed by atoms with Crippen LogP contribution in [0.3, 0.4) is 0 Å². The molecular weight excluding hydrogens is 705 g/mol. The first-order valence-electron chi connectivity index (χ1n) is 19.0. The van der Waals surface area contributed by atoms with Gasteiger partial charge in [-0.1, -0.05) is 95.3 Å². The Kier molecular flexibility index (Phi) is 14.4. The fraction of sp³-hybridized carbons (Fsp3) is 0.537. The predicted octanol–water partition coefficient (Wildman–Crippen LogP) is 4.48. The summed E-state index contributed by atoms with van der Waals surface area (Å²) in [5, 5.41) is 12.9. The molecule has 1 saturated carbocycles. The minimum absolute atomic E-state index is 0.0000430. The molecule has 0 radical (unpaired) electrons. The molecule has 3 aromatic rings. The number of carbonyl (C=O) groups is 4. The van der Waals surface area contributed by atoms with E-state index >= 15 is 0 Å². The molecule has 1 aliphatic carbocycles. The van der Waals surface area contributed by atoms with Crippen LogP contribution in [0.1, 0.15) is 89.2 Å². The van der Waals surface area contributed by atoms with Gasteiger partial charge in [0.1, 0.15) is 23.0 Å². The molecule has 0 saturated heterocycles. The molecule has 13 heteroatoms. The van der Waals surface area contributed by atoms with Gasteiger partial charge in [0.25, 0.3) is 0 Å². The van der Waals surface area contributed by atoms with Crippen LogP contribution < -0.4 is 20.7 Å². The largest absolute Gasteiger partial charge is 0.344 e. The molecule has 294 valence electrons. The van der Waals surface area contributed by atoms with Gasteiger partial charge >= 0.3 is 0 Å². The van der Waals surface area contributed by atoms with Crippen molar-refractivity contribution in [1.29, 1.82) is 0 Å². The monoisotopic (exact) mass is 762 g/mol. The first-order chi connectivity index (χ1) is 25.4. The van der Waals surface area contributed by atoms with Crippen molar-refractivity contribution in [2.45, 2.75) is 122 Å². The van der Waals surface area contributed by atoms with Crippen LogP contribution in [0.25, 0.3) is 0 Å². The normalized spacial score (nSPS) is 16.0. The van der Waals surface area contributed by atoms with Crippen molar-refractivity contribution >= 4 is 33.5 Å². The van der Waals surface area contributed by atoms with Crippen LogP contribution in [0, 0.1) is 31.1 Å². The second kappa shape index (κ2) is 18.3. The van der Waals surface area contributed by atoms with E-state index in [-0.39, 0.29) is 41.8 Å².